The summed E-state index contributed by atoms with van der Waals surface area (Å²) < 4.78 is 16.3. The molecule has 1 heterocycles. The Morgan fingerprint density at radius 3 is 2.67 bits per heavy atom. The van der Waals surface area contributed by atoms with Crippen LogP contribution in [0.15, 0.2) is 33.4 Å². The third-order valence-corrected chi connectivity index (χ3v) is 4.78. The van der Waals surface area contributed by atoms with Crippen LogP contribution in [0.2, 0.25) is 5.02 Å². The van der Waals surface area contributed by atoms with E-state index in [9.17, 15) is 9.00 Å². The lowest BCUT2D eigenvalue weighted by atomic mass is 10.4. The maximum atomic E-state index is 12.3. The molecule has 2 aromatic rings. The van der Waals surface area contributed by atoms with Crippen molar-refractivity contribution in [3.63, 3.8) is 0 Å². The summed E-state index contributed by atoms with van der Waals surface area (Å²) in [6, 6.07) is 6.57. The predicted octanol–water partition coefficient (Wildman–Crippen LogP) is 1.72. The molecule has 94 valence electrons. The number of hydrogen-bond acceptors (Lipinski definition) is 5. The molecule has 1 atom stereocenters. The van der Waals surface area contributed by atoms with Crippen molar-refractivity contribution in [3.8, 4) is 0 Å². The van der Waals surface area contributed by atoms with E-state index in [1.165, 1.54) is 7.05 Å². The van der Waals surface area contributed by atoms with Crippen LogP contribution in [0.3, 0.4) is 0 Å². The lowest BCUT2D eigenvalue weighted by Crippen LogP contribution is -2.19. The van der Waals surface area contributed by atoms with Gasteiger partial charge in [0.2, 0.25) is 0 Å². The molecule has 5 nitrogen and oxygen atoms in total. The first-order valence-electron chi connectivity index (χ1n) is 4.85. The van der Waals surface area contributed by atoms with E-state index in [2.05, 4.69) is 14.9 Å². The van der Waals surface area contributed by atoms with Gasteiger partial charge in [-0.25, -0.2) is 4.21 Å². The molecule has 1 aromatic heterocycles. The molecule has 0 bridgehead atoms. The molecule has 0 aliphatic carbocycles. The fourth-order valence-electron chi connectivity index (χ4n) is 1.23. The largest absolute Gasteiger partial charge is 0.354 e. The lowest BCUT2D eigenvalue weighted by Gasteiger charge is -2.01. The van der Waals surface area contributed by atoms with Crippen molar-refractivity contribution in [2.24, 2.45) is 0 Å². The van der Waals surface area contributed by atoms with E-state index < -0.39 is 16.7 Å². The molecule has 0 fully saturated rings. The molecule has 0 aliphatic heterocycles. The average Bonchev–Trinajstić information content (AvgIpc) is 2.87. The van der Waals surface area contributed by atoms with E-state index in [1.807, 2.05) is 0 Å². The Morgan fingerprint density at radius 2 is 2.06 bits per heavy atom. The highest BCUT2D eigenvalue weighted by Gasteiger charge is 2.21. The molecule has 0 radical (unpaired) electrons. The van der Waals surface area contributed by atoms with E-state index in [0.717, 1.165) is 11.5 Å². The Bertz CT molecular complexity index is 597. The van der Waals surface area contributed by atoms with Gasteiger partial charge in [0, 0.05) is 17.0 Å². The molecule has 18 heavy (non-hydrogen) atoms. The number of carbonyl (C=O) groups excluding carboxylic acids is 1. The zero-order chi connectivity index (χ0) is 13.1. The standard InChI is InChI=1S/C10H8ClN3O2S2/c1-12-9(15)8-10(17-14-13-8)18(16)7-4-2-6(11)3-5-7/h2-5H,1H3,(H,12,15)/t18-/m1/s1. The number of hydrogen-bond donors (Lipinski definition) is 1. The van der Waals surface area contributed by atoms with Crippen molar-refractivity contribution in [1.29, 1.82) is 0 Å². The second kappa shape index (κ2) is 5.55. The fourth-order valence-corrected chi connectivity index (χ4v) is 3.33. The number of rotatable bonds is 3. The van der Waals surface area contributed by atoms with Crippen molar-refractivity contribution >= 4 is 39.8 Å². The number of amides is 1. The number of nitrogens with zero attached hydrogens (tertiary/aromatic N) is 2. The van der Waals surface area contributed by atoms with Crippen molar-refractivity contribution in [3.05, 3.63) is 35.0 Å². The minimum absolute atomic E-state index is 0.0933. The first-order valence-corrected chi connectivity index (χ1v) is 7.15. The highest BCUT2D eigenvalue weighted by molar-refractivity contribution is 7.87. The summed E-state index contributed by atoms with van der Waals surface area (Å²) in [6.07, 6.45) is 0. The van der Waals surface area contributed by atoms with Crippen LogP contribution in [0, 0.1) is 0 Å². The van der Waals surface area contributed by atoms with Gasteiger partial charge in [-0.1, -0.05) is 16.1 Å². The van der Waals surface area contributed by atoms with Gasteiger partial charge >= 0.3 is 0 Å². The van der Waals surface area contributed by atoms with E-state index in [4.69, 9.17) is 11.6 Å². The van der Waals surface area contributed by atoms with Crippen LogP contribution >= 0.6 is 23.1 Å². The first kappa shape index (κ1) is 13.1. The molecule has 0 spiro atoms. The van der Waals surface area contributed by atoms with Crippen LogP contribution in [0.4, 0.5) is 0 Å². The van der Waals surface area contributed by atoms with Gasteiger partial charge in [0.1, 0.15) is 0 Å². The Hall–Kier alpha value is -1.31. The van der Waals surface area contributed by atoms with Crippen molar-refractivity contribution in [1.82, 2.24) is 14.9 Å². The second-order valence-electron chi connectivity index (χ2n) is 3.21. The lowest BCUT2D eigenvalue weighted by molar-refractivity contribution is 0.0955. The van der Waals surface area contributed by atoms with Crippen molar-refractivity contribution in [2.45, 2.75) is 9.10 Å². The van der Waals surface area contributed by atoms with Gasteiger partial charge in [-0.05, 0) is 35.8 Å². The number of aromatic nitrogens is 2. The van der Waals surface area contributed by atoms with E-state index >= 15 is 0 Å². The topological polar surface area (TPSA) is 72.0 Å². The predicted molar refractivity (Wildman–Crippen MR) is 69.4 cm³/mol. The monoisotopic (exact) mass is 301 g/mol. The molecule has 1 N–H and O–H groups in total. The summed E-state index contributed by atoms with van der Waals surface area (Å²) in [5.41, 5.74) is 0.0933. The number of benzene rings is 1. The molecule has 1 aromatic carbocycles. The summed E-state index contributed by atoms with van der Waals surface area (Å²) in [6.45, 7) is 0. The molecule has 0 saturated carbocycles. The molecular weight excluding hydrogens is 294 g/mol. The Kier molecular flexibility index (Phi) is 4.05. The molecule has 0 aliphatic rings. The number of nitrogens with one attached hydrogen (secondary N) is 1. The van der Waals surface area contributed by atoms with Crippen LogP contribution in [0.25, 0.3) is 0 Å². The van der Waals surface area contributed by atoms with Crippen LogP contribution < -0.4 is 5.32 Å². The SMILES string of the molecule is CNC(=O)c1nnsc1[S@](=O)c1ccc(Cl)cc1. The van der Waals surface area contributed by atoms with E-state index in [0.29, 0.717) is 14.1 Å². The summed E-state index contributed by atoms with van der Waals surface area (Å²) in [5.74, 6) is -0.402. The Balaban J connectivity index is 2.37. The average molecular weight is 302 g/mol. The van der Waals surface area contributed by atoms with Gasteiger partial charge in [-0.3, -0.25) is 4.79 Å². The van der Waals surface area contributed by atoms with Gasteiger partial charge in [-0.15, -0.1) is 5.10 Å². The summed E-state index contributed by atoms with van der Waals surface area (Å²) in [5, 5.41) is 6.68. The number of carbonyl (C=O) groups is 1. The maximum Gasteiger partial charge on any atom is 0.273 e. The Morgan fingerprint density at radius 1 is 1.39 bits per heavy atom. The van der Waals surface area contributed by atoms with Gasteiger partial charge in [0.25, 0.3) is 5.91 Å². The normalized spacial score (nSPS) is 12.1. The van der Waals surface area contributed by atoms with Gasteiger partial charge in [0.05, 0.1) is 10.8 Å². The van der Waals surface area contributed by atoms with E-state index in [-0.39, 0.29) is 5.69 Å². The van der Waals surface area contributed by atoms with Gasteiger partial charge in [0.15, 0.2) is 9.90 Å². The second-order valence-corrected chi connectivity index (χ2v) is 6.08. The summed E-state index contributed by atoms with van der Waals surface area (Å²) >= 11 is 6.71. The molecule has 1 amide bonds. The third-order valence-electron chi connectivity index (χ3n) is 2.10. The molecule has 0 unspecified atom stereocenters. The zero-order valence-electron chi connectivity index (χ0n) is 9.21. The van der Waals surface area contributed by atoms with E-state index in [1.54, 1.807) is 24.3 Å². The molecule has 2 rings (SSSR count). The minimum Gasteiger partial charge on any atom is -0.354 e. The van der Waals surface area contributed by atoms with Crippen LogP contribution in [-0.4, -0.2) is 26.8 Å². The summed E-state index contributed by atoms with van der Waals surface area (Å²) in [7, 11) is -0.000833. The molecular formula is C10H8ClN3O2S2. The van der Waals surface area contributed by atoms with Gasteiger partial charge in [-0.2, -0.15) is 0 Å². The molecule has 8 heteroatoms. The minimum atomic E-state index is -1.48. The van der Waals surface area contributed by atoms with Crippen molar-refractivity contribution < 1.29 is 9.00 Å². The van der Waals surface area contributed by atoms with Crippen LogP contribution in [-0.2, 0) is 10.8 Å². The van der Waals surface area contributed by atoms with Crippen LogP contribution in [0.1, 0.15) is 10.5 Å². The maximum absolute atomic E-state index is 12.3. The highest BCUT2D eigenvalue weighted by Crippen LogP contribution is 2.23. The third kappa shape index (κ3) is 2.58. The smallest absolute Gasteiger partial charge is 0.273 e. The quantitative estimate of drug-likeness (QED) is 0.937. The summed E-state index contributed by atoms with van der Waals surface area (Å²) in [4.78, 5) is 12.1. The fraction of sp³-hybridized carbons (Fsp3) is 0.100. The Labute approximate surface area is 115 Å². The van der Waals surface area contributed by atoms with Crippen LogP contribution in [0.5, 0.6) is 0 Å². The zero-order valence-corrected chi connectivity index (χ0v) is 11.6. The highest BCUT2D eigenvalue weighted by atomic mass is 35.5. The van der Waals surface area contributed by atoms with Gasteiger partial charge < -0.3 is 5.32 Å². The first-order chi connectivity index (χ1) is 8.63. The van der Waals surface area contributed by atoms with Crippen molar-refractivity contribution in [2.75, 3.05) is 7.05 Å². The molecule has 0 saturated heterocycles. The number of halogens is 1.